The van der Waals surface area contributed by atoms with Crippen molar-refractivity contribution in [3.05, 3.63) is 48.6 Å². The molecule has 0 aromatic heterocycles. The van der Waals surface area contributed by atoms with Gasteiger partial charge in [-0.1, -0.05) is 42.3 Å². The van der Waals surface area contributed by atoms with Crippen molar-refractivity contribution >= 4 is 0 Å². The Hall–Kier alpha value is -1.52. The zero-order valence-electron chi connectivity index (χ0n) is 8.95. The second-order valence-corrected chi connectivity index (χ2v) is 3.41. The molecule has 1 nitrogen and oxygen atoms in total. The number of nitrogens with one attached hydrogen (secondary N) is 1. The molecule has 1 heteroatoms. The van der Waals surface area contributed by atoms with Crippen LogP contribution in [0.5, 0.6) is 0 Å². The predicted molar refractivity (Wildman–Crippen MR) is 65.4 cm³/mol. The van der Waals surface area contributed by atoms with Gasteiger partial charge in [0.05, 0.1) is 6.54 Å². The summed E-state index contributed by atoms with van der Waals surface area (Å²) in [7, 11) is 0. The van der Waals surface area contributed by atoms with E-state index >= 15 is 0 Å². The molecule has 1 unspecified atom stereocenters. The molecular weight excluding hydrogens is 182 g/mol. The van der Waals surface area contributed by atoms with E-state index in [0.29, 0.717) is 12.6 Å². The van der Waals surface area contributed by atoms with Crippen molar-refractivity contribution in [2.24, 2.45) is 0 Å². The smallest absolute Gasteiger partial charge is 0.0578 e. The molecule has 0 fully saturated rings. The summed E-state index contributed by atoms with van der Waals surface area (Å²) in [5, 5.41) is 3.34. The van der Waals surface area contributed by atoms with Crippen molar-refractivity contribution in [3.63, 3.8) is 0 Å². The van der Waals surface area contributed by atoms with Gasteiger partial charge in [-0.25, -0.2) is 0 Å². The Morgan fingerprint density at radius 2 is 2.13 bits per heavy atom. The quantitative estimate of drug-likeness (QED) is 0.548. The monoisotopic (exact) mass is 199 g/mol. The third kappa shape index (κ3) is 4.01. The van der Waals surface area contributed by atoms with Crippen LogP contribution in [0.2, 0.25) is 0 Å². The summed E-state index contributed by atoms with van der Waals surface area (Å²) in [5.74, 6) is 2.61. The zero-order valence-corrected chi connectivity index (χ0v) is 8.95. The van der Waals surface area contributed by atoms with Gasteiger partial charge in [-0.05, 0) is 18.4 Å². The number of rotatable bonds is 6. The lowest BCUT2D eigenvalue weighted by molar-refractivity contribution is 0.536. The molecule has 1 aromatic rings. The Morgan fingerprint density at radius 1 is 1.40 bits per heavy atom. The molecule has 0 aliphatic rings. The van der Waals surface area contributed by atoms with Crippen molar-refractivity contribution in [3.8, 4) is 12.3 Å². The van der Waals surface area contributed by atoms with Gasteiger partial charge in [0.1, 0.15) is 0 Å². The van der Waals surface area contributed by atoms with E-state index in [9.17, 15) is 0 Å². The van der Waals surface area contributed by atoms with Gasteiger partial charge < -0.3 is 0 Å². The molecule has 15 heavy (non-hydrogen) atoms. The minimum absolute atomic E-state index is 0.334. The minimum Gasteiger partial charge on any atom is -0.299 e. The maximum Gasteiger partial charge on any atom is 0.0578 e. The molecule has 1 aromatic carbocycles. The van der Waals surface area contributed by atoms with Gasteiger partial charge in [0.2, 0.25) is 0 Å². The highest BCUT2D eigenvalue weighted by Gasteiger charge is 2.07. The molecule has 1 rings (SSSR count). The second kappa shape index (κ2) is 6.86. The Morgan fingerprint density at radius 3 is 2.73 bits per heavy atom. The van der Waals surface area contributed by atoms with Crippen LogP contribution in [0, 0.1) is 12.3 Å². The lowest BCUT2D eigenvalue weighted by atomic mass is 10.0. The van der Waals surface area contributed by atoms with Gasteiger partial charge in [0, 0.05) is 6.04 Å². The fourth-order valence-electron chi connectivity index (χ4n) is 1.54. The standard InChI is InChI=1S/C14H17N/c1-3-5-11-14(15-12-4-2)13-9-7-6-8-10-13/h2-3,6-10,14-15H,1,5,11-12H2. The van der Waals surface area contributed by atoms with Crippen molar-refractivity contribution in [1.82, 2.24) is 5.32 Å². The minimum atomic E-state index is 0.334. The maximum absolute atomic E-state index is 5.25. The third-order valence-electron chi connectivity index (χ3n) is 2.31. The highest BCUT2D eigenvalue weighted by Crippen LogP contribution is 2.17. The van der Waals surface area contributed by atoms with Gasteiger partial charge in [-0.15, -0.1) is 13.0 Å². The van der Waals surface area contributed by atoms with Crippen LogP contribution in [0.1, 0.15) is 24.4 Å². The van der Waals surface area contributed by atoms with E-state index in [0.717, 1.165) is 12.8 Å². The van der Waals surface area contributed by atoms with Crippen molar-refractivity contribution in [2.75, 3.05) is 6.54 Å². The lowest BCUT2D eigenvalue weighted by Crippen LogP contribution is -2.21. The van der Waals surface area contributed by atoms with E-state index in [2.05, 4.69) is 29.9 Å². The number of terminal acetylenes is 1. The number of hydrogen-bond acceptors (Lipinski definition) is 1. The van der Waals surface area contributed by atoms with Crippen molar-refractivity contribution < 1.29 is 0 Å². The van der Waals surface area contributed by atoms with Crippen LogP contribution in [-0.4, -0.2) is 6.54 Å². The highest BCUT2D eigenvalue weighted by molar-refractivity contribution is 5.19. The third-order valence-corrected chi connectivity index (χ3v) is 2.31. The van der Waals surface area contributed by atoms with E-state index in [1.165, 1.54) is 5.56 Å². The normalized spacial score (nSPS) is 11.7. The van der Waals surface area contributed by atoms with Gasteiger partial charge in [0.15, 0.2) is 0 Å². The Labute approximate surface area is 92.2 Å². The van der Waals surface area contributed by atoms with Crippen LogP contribution in [0.25, 0.3) is 0 Å². The molecule has 0 saturated heterocycles. The van der Waals surface area contributed by atoms with E-state index in [-0.39, 0.29) is 0 Å². The molecule has 0 radical (unpaired) electrons. The first-order valence-corrected chi connectivity index (χ1v) is 5.21. The first-order chi connectivity index (χ1) is 7.38. The fourth-order valence-corrected chi connectivity index (χ4v) is 1.54. The molecule has 0 heterocycles. The van der Waals surface area contributed by atoms with Crippen LogP contribution in [0.4, 0.5) is 0 Å². The van der Waals surface area contributed by atoms with E-state index in [1.54, 1.807) is 0 Å². The van der Waals surface area contributed by atoms with Gasteiger partial charge in [-0.2, -0.15) is 0 Å². The van der Waals surface area contributed by atoms with Crippen LogP contribution in [0.3, 0.4) is 0 Å². The fraction of sp³-hybridized carbons (Fsp3) is 0.286. The number of allylic oxidation sites excluding steroid dienone is 1. The molecule has 0 amide bonds. The summed E-state index contributed by atoms with van der Waals surface area (Å²) >= 11 is 0. The molecule has 0 bridgehead atoms. The number of benzene rings is 1. The molecular formula is C14H17N. The Kier molecular flexibility index (Phi) is 5.29. The summed E-state index contributed by atoms with van der Waals surface area (Å²) in [6.45, 7) is 4.35. The average Bonchev–Trinajstić information content (AvgIpc) is 2.30. The van der Waals surface area contributed by atoms with Crippen LogP contribution >= 0.6 is 0 Å². The molecule has 1 atom stereocenters. The lowest BCUT2D eigenvalue weighted by Gasteiger charge is -2.16. The van der Waals surface area contributed by atoms with Crippen LogP contribution in [-0.2, 0) is 0 Å². The van der Waals surface area contributed by atoms with Crippen molar-refractivity contribution in [1.29, 1.82) is 0 Å². The molecule has 78 valence electrons. The largest absolute Gasteiger partial charge is 0.299 e. The first-order valence-electron chi connectivity index (χ1n) is 5.21. The predicted octanol–water partition coefficient (Wildman–Crippen LogP) is 2.92. The highest BCUT2D eigenvalue weighted by atomic mass is 14.9. The molecule has 0 spiro atoms. The van der Waals surface area contributed by atoms with Crippen LogP contribution < -0.4 is 5.32 Å². The average molecular weight is 199 g/mol. The van der Waals surface area contributed by atoms with Gasteiger partial charge in [0.25, 0.3) is 0 Å². The Balaban J connectivity index is 2.63. The number of hydrogen-bond donors (Lipinski definition) is 1. The van der Waals surface area contributed by atoms with E-state index < -0.39 is 0 Å². The summed E-state index contributed by atoms with van der Waals surface area (Å²) in [6.07, 6.45) is 9.22. The van der Waals surface area contributed by atoms with E-state index in [1.807, 2.05) is 24.3 Å². The van der Waals surface area contributed by atoms with Gasteiger partial charge in [-0.3, -0.25) is 5.32 Å². The first kappa shape index (κ1) is 11.6. The van der Waals surface area contributed by atoms with Crippen LogP contribution in [0.15, 0.2) is 43.0 Å². The Bertz CT molecular complexity index is 321. The van der Waals surface area contributed by atoms with Gasteiger partial charge >= 0.3 is 0 Å². The zero-order chi connectivity index (χ0) is 10.9. The SMILES string of the molecule is C#CCNC(CCC=C)c1ccccc1. The summed E-state index contributed by atoms with van der Waals surface area (Å²) in [6, 6.07) is 10.7. The maximum atomic E-state index is 5.25. The summed E-state index contributed by atoms with van der Waals surface area (Å²) in [4.78, 5) is 0. The topological polar surface area (TPSA) is 12.0 Å². The molecule has 0 aliphatic carbocycles. The van der Waals surface area contributed by atoms with Crippen molar-refractivity contribution in [2.45, 2.75) is 18.9 Å². The molecule has 0 saturated carbocycles. The van der Waals surface area contributed by atoms with E-state index in [4.69, 9.17) is 6.42 Å². The molecule has 1 N–H and O–H groups in total. The summed E-state index contributed by atoms with van der Waals surface area (Å²) < 4.78 is 0. The summed E-state index contributed by atoms with van der Waals surface area (Å²) in [5.41, 5.74) is 1.29. The second-order valence-electron chi connectivity index (χ2n) is 3.41. The molecule has 0 aliphatic heterocycles.